The Kier molecular flexibility index (Phi) is 3.72. The predicted octanol–water partition coefficient (Wildman–Crippen LogP) is 4.06. The second-order valence-electron chi connectivity index (χ2n) is 5.52. The van der Waals surface area contributed by atoms with Gasteiger partial charge in [-0.05, 0) is 43.5 Å². The zero-order chi connectivity index (χ0) is 13.9. The lowest BCUT2D eigenvalue weighted by molar-refractivity contribution is 0.452. The fourth-order valence-electron chi connectivity index (χ4n) is 2.85. The van der Waals surface area contributed by atoms with E-state index in [2.05, 4.69) is 15.1 Å². The third-order valence-electron chi connectivity index (χ3n) is 4.07. The Morgan fingerprint density at radius 2 is 2.10 bits per heavy atom. The molecule has 0 amide bonds. The van der Waals surface area contributed by atoms with Crippen molar-refractivity contribution in [1.29, 1.82) is 0 Å². The van der Waals surface area contributed by atoms with Crippen molar-refractivity contribution < 1.29 is 4.39 Å². The van der Waals surface area contributed by atoms with E-state index in [-0.39, 0.29) is 5.82 Å². The maximum Gasteiger partial charge on any atom is 0.128 e. The van der Waals surface area contributed by atoms with Gasteiger partial charge in [-0.25, -0.2) is 4.39 Å². The van der Waals surface area contributed by atoms with Gasteiger partial charge in [0.15, 0.2) is 0 Å². The van der Waals surface area contributed by atoms with Crippen molar-refractivity contribution >= 4 is 5.69 Å². The smallest absolute Gasteiger partial charge is 0.128 e. The number of benzene rings is 1. The van der Waals surface area contributed by atoms with Crippen LogP contribution in [0.2, 0.25) is 0 Å². The van der Waals surface area contributed by atoms with Gasteiger partial charge in [-0.15, -0.1) is 0 Å². The molecule has 1 aliphatic rings. The summed E-state index contributed by atoms with van der Waals surface area (Å²) in [6, 6.07) is 7.83. The molecule has 0 spiro atoms. The molecule has 106 valence electrons. The highest BCUT2D eigenvalue weighted by Gasteiger charge is 2.19. The van der Waals surface area contributed by atoms with Gasteiger partial charge in [0.1, 0.15) is 5.82 Å². The Hall–Kier alpha value is -1.84. The second-order valence-corrected chi connectivity index (χ2v) is 5.52. The molecule has 0 unspecified atom stereocenters. The monoisotopic (exact) mass is 273 g/mol. The van der Waals surface area contributed by atoms with E-state index in [4.69, 9.17) is 0 Å². The summed E-state index contributed by atoms with van der Waals surface area (Å²) in [4.78, 5) is 0. The van der Waals surface area contributed by atoms with Crippen molar-refractivity contribution in [2.45, 2.75) is 45.2 Å². The van der Waals surface area contributed by atoms with Crippen LogP contribution in [0.25, 0.3) is 0 Å². The molecule has 1 saturated carbocycles. The quantitative estimate of drug-likeness (QED) is 0.910. The third kappa shape index (κ3) is 2.69. The lowest BCUT2D eigenvalue weighted by atomic mass is 10.2. The minimum Gasteiger partial charge on any atom is -0.379 e. The molecule has 3 nitrogen and oxygen atoms in total. The molecule has 1 aliphatic carbocycles. The van der Waals surface area contributed by atoms with Crippen LogP contribution in [-0.2, 0) is 6.54 Å². The normalized spacial score (nSPS) is 15.7. The van der Waals surface area contributed by atoms with Crippen molar-refractivity contribution in [1.82, 2.24) is 9.78 Å². The molecule has 1 N–H and O–H groups in total. The summed E-state index contributed by atoms with van der Waals surface area (Å²) >= 11 is 0. The molecule has 3 rings (SSSR count). The number of hydrogen-bond donors (Lipinski definition) is 1. The molecule has 1 aromatic heterocycles. The van der Waals surface area contributed by atoms with E-state index >= 15 is 0 Å². The summed E-state index contributed by atoms with van der Waals surface area (Å²) < 4.78 is 15.6. The molecule has 0 saturated heterocycles. The maximum absolute atomic E-state index is 13.5. The molecule has 0 radical (unpaired) electrons. The molecule has 2 aromatic rings. The van der Waals surface area contributed by atoms with E-state index in [1.54, 1.807) is 19.1 Å². The van der Waals surface area contributed by atoms with Gasteiger partial charge >= 0.3 is 0 Å². The molecule has 1 heterocycles. The topological polar surface area (TPSA) is 29.9 Å². The maximum atomic E-state index is 13.5. The first-order valence-corrected chi connectivity index (χ1v) is 7.26. The number of anilines is 1. The van der Waals surface area contributed by atoms with Crippen molar-refractivity contribution in [3.05, 3.63) is 47.5 Å². The lowest BCUT2D eigenvalue weighted by Gasteiger charge is -2.15. The van der Waals surface area contributed by atoms with Gasteiger partial charge in [-0.3, -0.25) is 4.68 Å². The highest BCUT2D eigenvalue weighted by atomic mass is 19.1. The third-order valence-corrected chi connectivity index (χ3v) is 4.07. The standard InChI is InChI=1S/C16H20FN3/c1-12-6-7-13(10-16(12)17)18-11-15-8-9-19-20(15)14-4-2-3-5-14/h6-10,14,18H,2-5,11H2,1H3. The van der Waals surface area contributed by atoms with Crippen LogP contribution in [0, 0.1) is 12.7 Å². The number of rotatable bonds is 4. The summed E-state index contributed by atoms with van der Waals surface area (Å²) in [6.07, 6.45) is 6.87. The number of hydrogen-bond acceptors (Lipinski definition) is 2. The van der Waals surface area contributed by atoms with Crippen molar-refractivity contribution in [3.8, 4) is 0 Å². The Labute approximate surface area is 118 Å². The molecule has 0 bridgehead atoms. The Bertz CT molecular complexity index is 585. The summed E-state index contributed by atoms with van der Waals surface area (Å²) in [5.74, 6) is -0.167. The Morgan fingerprint density at radius 3 is 2.85 bits per heavy atom. The fraction of sp³-hybridized carbons (Fsp3) is 0.438. The number of nitrogens with one attached hydrogen (secondary N) is 1. The molecule has 1 aromatic carbocycles. The van der Waals surface area contributed by atoms with Crippen molar-refractivity contribution in [2.24, 2.45) is 0 Å². The van der Waals surface area contributed by atoms with Gasteiger partial charge in [0.05, 0.1) is 18.3 Å². The van der Waals surface area contributed by atoms with Crippen molar-refractivity contribution in [2.75, 3.05) is 5.32 Å². The second kappa shape index (κ2) is 5.65. The molecular formula is C16H20FN3. The minimum absolute atomic E-state index is 0.167. The fourth-order valence-corrected chi connectivity index (χ4v) is 2.85. The van der Waals surface area contributed by atoms with E-state index in [0.717, 1.165) is 11.4 Å². The molecular weight excluding hydrogens is 253 g/mol. The van der Waals surface area contributed by atoms with E-state index < -0.39 is 0 Å². The zero-order valence-corrected chi connectivity index (χ0v) is 11.8. The van der Waals surface area contributed by atoms with Gasteiger partial charge < -0.3 is 5.32 Å². The Balaban J connectivity index is 1.69. The first-order valence-electron chi connectivity index (χ1n) is 7.26. The lowest BCUT2D eigenvalue weighted by Crippen LogP contribution is -2.13. The highest BCUT2D eigenvalue weighted by molar-refractivity contribution is 5.45. The summed E-state index contributed by atoms with van der Waals surface area (Å²) in [6.45, 7) is 2.45. The number of aryl methyl sites for hydroxylation is 1. The average Bonchev–Trinajstić information content (AvgIpc) is 3.09. The summed E-state index contributed by atoms with van der Waals surface area (Å²) in [5, 5.41) is 7.72. The van der Waals surface area contributed by atoms with Crippen LogP contribution in [0.5, 0.6) is 0 Å². The van der Waals surface area contributed by atoms with Gasteiger partial charge in [-0.1, -0.05) is 18.9 Å². The number of aromatic nitrogens is 2. The average molecular weight is 273 g/mol. The Morgan fingerprint density at radius 1 is 1.30 bits per heavy atom. The van der Waals surface area contributed by atoms with E-state index in [0.29, 0.717) is 18.2 Å². The molecule has 1 fully saturated rings. The van der Waals surface area contributed by atoms with E-state index in [9.17, 15) is 4.39 Å². The van der Waals surface area contributed by atoms with Crippen LogP contribution in [-0.4, -0.2) is 9.78 Å². The summed E-state index contributed by atoms with van der Waals surface area (Å²) in [5.41, 5.74) is 2.65. The molecule has 0 atom stereocenters. The molecule has 20 heavy (non-hydrogen) atoms. The first kappa shape index (κ1) is 13.2. The van der Waals surface area contributed by atoms with Gasteiger partial charge in [0.2, 0.25) is 0 Å². The van der Waals surface area contributed by atoms with Crippen LogP contribution in [0.3, 0.4) is 0 Å². The van der Waals surface area contributed by atoms with Crippen LogP contribution < -0.4 is 5.32 Å². The van der Waals surface area contributed by atoms with Crippen LogP contribution in [0.1, 0.15) is 43.0 Å². The largest absolute Gasteiger partial charge is 0.379 e. The summed E-state index contributed by atoms with van der Waals surface area (Å²) in [7, 11) is 0. The molecule has 0 aliphatic heterocycles. The van der Waals surface area contributed by atoms with Gasteiger partial charge in [-0.2, -0.15) is 5.10 Å². The van der Waals surface area contributed by atoms with Crippen LogP contribution in [0.15, 0.2) is 30.5 Å². The van der Waals surface area contributed by atoms with Crippen LogP contribution in [0.4, 0.5) is 10.1 Å². The van der Waals surface area contributed by atoms with E-state index in [1.165, 1.54) is 25.7 Å². The van der Waals surface area contributed by atoms with E-state index in [1.807, 2.05) is 18.3 Å². The van der Waals surface area contributed by atoms with Crippen molar-refractivity contribution in [3.63, 3.8) is 0 Å². The van der Waals surface area contributed by atoms with Gasteiger partial charge in [0.25, 0.3) is 0 Å². The number of nitrogens with zero attached hydrogens (tertiary/aromatic N) is 2. The minimum atomic E-state index is -0.167. The SMILES string of the molecule is Cc1ccc(NCc2ccnn2C2CCCC2)cc1F. The van der Waals surface area contributed by atoms with Gasteiger partial charge in [0, 0.05) is 11.9 Å². The zero-order valence-electron chi connectivity index (χ0n) is 11.8. The molecule has 4 heteroatoms. The first-order chi connectivity index (χ1) is 9.74. The highest BCUT2D eigenvalue weighted by Crippen LogP contribution is 2.30. The predicted molar refractivity (Wildman–Crippen MR) is 78.2 cm³/mol. The van der Waals surface area contributed by atoms with Crippen LogP contribution >= 0.6 is 0 Å². The number of halogens is 1.